The zero-order valence-corrected chi connectivity index (χ0v) is 14.7. The van der Waals surface area contributed by atoms with Crippen molar-refractivity contribution in [3.8, 4) is 0 Å². The lowest BCUT2D eigenvalue weighted by Crippen LogP contribution is -2.43. The van der Waals surface area contributed by atoms with Gasteiger partial charge in [0.05, 0.1) is 5.69 Å². The zero-order chi connectivity index (χ0) is 14.2. The number of nitrogens with zero attached hydrogens (tertiary/aromatic N) is 1. The van der Waals surface area contributed by atoms with Crippen LogP contribution in [0.4, 0.5) is 5.69 Å². The molecule has 1 saturated carbocycles. The zero-order valence-electron chi connectivity index (χ0n) is 12.3. The molecule has 0 radical (unpaired) electrons. The number of halogens is 1. The third-order valence-electron chi connectivity index (χ3n) is 3.95. The molecular weight excluding hydrogens is 332 g/mol. The molecule has 1 aromatic rings. The van der Waals surface area contributed by atoms with E-state index >= 15 is 0 Å². The number of thioether (sulfide) groups is 1. The number of rotatable bonds is 4. The maximum Gasteiger partial charge on any atom is 0.0511 e. The summed E-state index contributed by atoms with van der Waals surface area (Å²) in [7, 11) is 0. The van der Waals surface area contributed by atoms with E-state index in [-0.39, 0.29) is 0 Å². The second kappa shape index (κ2) is 5.90. The molecule has 1 aromatic carbocycles. The molecule has 0 unspecified atom stereocenters. The molecule has 20 heavy (non-hydrogen) atoms. The Kier molecular flexibility index (Phi) is 4.34. The first-order valence-electron chi connectivity index (χ1n) is 7.44. The smallest absolute Gasteiger partial charge is 0.0511 e. The molecule has 1 saturated heterocycles. The van der Waals surface area contributed by atoms with Crippen LogP contribution in [0.25, 0.3) is 0 Å². The van der Waals surface area contributed by atoms with Gasteiger partial charge in [0, 0.05) is 40.6 Å². The Hall–Kier alpha value is -0.190. The Balaban J connectivity index is 1.69. The maximum absolute atomic E-state index is 3.77. The highest BCUT2D eigenvalue weighted by Crippen LogP contribution is 2.35. The predicted molar refractivity (Wildman–Crippen MR) is 92.8 cm³/mol. The Labute approximate surface area is 134 Å². The van der Waals surface area contributed by atoms with Crippen LogP contribution in [0, 0.1) is 0 Å². The van der Waals surface area contributed by atoms with Crippen LogP contribution in [0.5, 0.6) is 0 Å². The molecule has 2 nitrogen and oxygen atoms in total. The van der Waals surface area contributed by atoms with Gasteiger partial charge in [-0.15, -0.1) is 0 Å². The molecule has 0 aromatic heterocycles. The molecule has 2 fully saturated rings. The molecule has 0 spiro atoms. The molecule has 1 aliphatic heterocycles. The monoisotopic (exact) mass is 354 g/mol. The second-order valence-corrected chi connectivity index (χ2v) is 9.13. The van der Waals surface area contributed by atoms with Crippen molar-refractivity contribution in [1.82, 2.24) is 5.32 Å². The average molecular weight is 355 g/mol. The molecule has 110 valence electrons. The van der Waals surface area contributed by atoms with Crippen molar-refractivity contribution < 1.29 is 0 Å². The molecule has 1 N–H and O–H groups in total. The summed E-state index contributed by atoms with van der Waals surface area (Å²) in [5, 5.41) is 3.57. The van der Waals surface area contributed by atoms with E-state index in [2.05, 4.69) is 70.0 Å². The van der Waals surface area contributed by atoms with Gasteiger partial charge in [-0.2, -0.15) is 11.8 Å². The van der Waals surface area contributed by atoms with Crippen molar-refractivity contribution in [3.05, 3.63) is 28.2 Å². The fraction of sp³-hybridized carbons (Fsp3) is 0.625. The Bertz CT molecular complexity index is 485. The first-order valence-corrected chi connectivity index (χ1v) is 9.22. The number of hydrogen-bond donors (Lipinski definition) is 1. The third kappa shape index (κ3) is 3.71. The Morgan fingerprint density at radius 2 is 2.20 bits per heavy atom. The van der Waals surface area contributed by atoms with Gasteiger partial charge in [0.1, 0.15) is 0 Å². The number of nitrogens with one attached hydrogen (secondary N) is 1. The molecule has 4 heteroatoms. The second-order valence-electron chi connectivity index (χ2n) is 6.47. The minimum atomic E-state index is 0.351. The largest absolute Gasteiger partial charge is 0.368 e. The van der Waals surface area contributed by atoms with Gasteiger partial charge >= 0.3 is 0 Å². The van der Waals surface area contributed by atoms with Crippen molar-refractivity contribution in [2.24, 2.45) is 0 Å². The van der Waals surface area contributed by atoms with E-state index in [1.165, 1.54) is 34.3 Å². The molecule has 0 bridgehead atoms. The number of benzene rings is 1. The summed E-state index contributed by atoms with van der Waals surface area (Å²) < 4.78 is 1.58. The highest BCUT2D eigenvalue weighted by Gasteiger charge is 2.28. The lowest BCUT2D eigenvalue weighted by atomic mass is 10.1. The first-order chi connectivity index (χ1) is 9.53. The maximum atomic E-state index is 3.77. The topological polar surface area (TPSA) is 15.3 Å². The van der Waals surface area contributed by atoms with Crippen LogP contribution in [0.15, 0.2) is 22.7 Å². The van der Waals surface area contributed by atoms with Crippen molar-refractivity contribution in [2.45, 2.75) is 44.0 Å². The van der Waals surface area contributed by atoms with Crippen molar-refractivity contribution >= 4 is 33.4 Å². The predicted octanol–water partition coefficient (Wildman–Crippen LogP) is 4.03. The van der Waals surface area contributed by atoms with Gasteiger partial charge in [0.25, 0.3) is 0 Å². The summed E-state index contributed by atoms with van der Waals surface area (Å²) in [5.41, 5.74) is 2.71. The van der Waals surface area contributed by atoms with Gasteiger partial charge < -0.3 is 10.2 Å². The van der Waals surface area contributed by atoms with E-state index in [0.29, 0.717) is 4.75 Å². The van der Waals surface area contributed by atoms with Crippen LogP contribution >= 0.6 is 27.7 Å². The highest BCUT2D eigenvalue weighted by atomic mass is 79.9. The van der Waals surface area contributed by atoms with Gasteiger partial charge in [0.2, 0.25) is 0 Å². The van der Waals surface area contributed by atoms with Gasteiger partial charge in [0.15, 0.2) is 0 Å². The highest BCUT2D eigenvalue weighted by molar-refractivity contribution is 9.10. The molecule has 1 aliphatic carbocycles. The minimum Gasteiger partial charge on any atom is -0.368 e. The minimum absolute atomic E-state index is 0.351. The molecule has 0 atom stereocenters. The summed E-state index contributed by atoms with van der Waals surface area (Å²) in [5.74, 6) is 1.21. The van der Waals surface area contributed by atoms with Crippen LogP contribution in [0.3, 0.4) is 0 Å². The van der Waals surface area contributed by atoms with Crippen LogP contribution in [-0.4, -0.2) is 29.6 Å². The van der Waals surface area contributed by atoms with E-state index in [0.717, 1.165) is 25.7 Å². The number of anilines is 1. The van der Waals surface area contributed by atoms with Gasteiger partial charge in [-0.1, -0.05) is 6.07 Å². The molecule has 2 aliphatic rings. The van der Waals surface area contributed by atoms with E-state index in [1.54, 1.807) is 0 Å². The normalized spacial score (nSPS) is 22.1. The molecule has 1 heterocycles. The first kappa shape index (κ1) is 14.7. The van der Waals surface area contributed by atoms with Gasteiger partial charge in [-0.3, -0.25) is 0 Å². The Morgan fingerprint density at radius 1 is 1.40 bits per heavy atom. The Morgan fingerprint density at radius 3 is 2.85 bits per heavy atom. The van der Waals surface area contributed by atoms with Crippen LogP contribution in [-0.2, 0) is 6.54 Å². The van der Waals surface area contributed by atoms with Gasteiger partial charge in [-0.25, -0.2) is 0 Å². The van der Waals surface area contributed by atoms with Crippen LogP contribution in [0.2, 0.25) is 0 Å². The summed E-state index contributed by atoms with van der Waals surface area (Å²) in [6.45, 7) is 7.94. The standard InChI is InChI=1S/C16H23BrN2S/c1-16(2)11-19(7-8-20-16)15-6-3-12(9-14(15)17)10-18-13-4-5-13/h3,6,9,13,18H,4-5,7-8,10-11H2,1-2H3. The van der Waals surface area contributed by atoms with Gasteiger partial charge in [-0.05, 0) is 60.3 Å². The van der Waals surface area contributed by atoms with E-state index in [9.17, 15) is 0 Å². The molecule has 3 rings (SSSR count). The summed E-state index contributed by atoms with van der Waals surface area (Å²) >= 11 is 5.85. The van der Waals surface area contributed by atoms with Crippen LogP contribution < -0.4 is 10.2 Å². The lowest BCUT2D eigenvalue weighted by Gasteiger charge is -2.39. The van der Waals surface area contributed by atoms with Crippen molar-refractivity contribution in [1.29, 1.82) is 0 Å². The van der Waals surface area contributed by atoms with E-state index in [1.807, 2.05) is 0 Å². The van der Waals surface area contributed by atoms with Crippen molar-refractivity contribution in [3.63, 3.8) is 0 Å². The number of hydrogen-bond acceptors (Lipinski definition) is 3. The summed E-state index contributed by atoms with van der Waals surface area (Å²) in [4.78, 5) is 2.51. The van der Waals surface area contributed by atoms with Crippen LogP contribution in [0.1, 0.15) is 32.3 Å². The lowest BCUT2D eigenvalue weighted by molar-refractivity contribution is 0.646. The quantitative estimate of drug-likeness (QED) is 0.878. The average Bonchev–Trinajstić information content (AvgIpc) is 3.19. The molecular formula is C16H23BrN2S. The van der Waals surface area contributed by atoms with Crippen molar-refractivity contribution in [2.75, 3.05) is 23.7 Å². The van der Waals surface area contributed by atoms with E-state index < -0.39 is 0 Å². The fourth-order valence-corrected chi connectivity index (χ4v) is 4.48. The fourth-order valence-electron chi connectivity index (χ4n) is 2.69. The third-order valence-corrected chi connectivity index (χ3v) is 5.88. The van der Waals surface area contributed by atoms with E-state index in [4.69, 9.17) is 0 Å². The summed E-state index contributed by atoms with van der Waals surface area (Å²) in [6.07, 6.45) is 2.69. The summed E-state index contributed by atoms with van der Waals surface area (Å²) in [6, 6.07) is 7.59. The SMILES string of the molecule is CC1(C)CN(c2ccc(CNC3CC3)cc2Br)CCS1. The molecule has 0 amide bonds.